The van der Waals surface area contributed by atoms with Gasteiger partial charge in [-0.2, -0.15) is 0 Å². The van der Waals surface area contributed by atoms with Crippen molar-refractivity contribution in [3.8, 4) is 0 Å². The maximum Gasteiger partial charge on any atom is 0.408 e. The molecule has 2 atom stereocenters. The van der Waals surface area contributed by atoms with E-state index in [0.717, 1.165) is 0 Å². The van der Waals surface area contributed by atoms with Crippen LogP contribution in [0.3, 0.4) is 0 Å². The van der Waals surface area contributed by atoms with Crippen molar-refractivity contribution >= 4 is 24.1 Å². The van der Waals surface area contributed by atoms with Crippen LogP contribution in [0.2, 0.25) is 0 Å². The molecule has 0 aliphatic rings. The van der Waals surface area contributed by atoms with Crippen LogP contribution in [0, 0.1) is 0 Å². The summed E-state index contributed by atoms with van der Waals surface area (Å²) in [6.07, 6.45) is 1.51. The summed E-state index contributed by atoms with van der Waals surface area (Å²) in [5.41, 5.74) is -1.48. The largest absolute Gasteiger partial charge is 0.480 e. The summed E-state index contributed by atoms with van der Waals surface area (Å²) in [6.45, 7) is 9.76. The fourth-order valence-electron chi connectivity index (χ4n) is 2.03. The number of ether oxygens (including phenoxy) is 5. The molecule has 2 amide bonds. The van der Waals surface area contributed by atoms with Gasteiger partial charge in [0.25, 0.3) is 0 Å². The second kappa shape index (κ2) is 14.3. The lowest BCUT2D eigenvalue weighted by molar-refractivity contribution is -0.144. The molecule has 0 spiro atoms. The number of esters is 1. The lowest BCUT2D eigenvalue weighted by atomic mass is 10.2. The van der Waals surface area contributed by atoms with Crippen molar-refractivity contribution in [2.45, 2.75) is 64.8 Å². The van der Waals surface area contributed by atoms with Gasteiger partial charge in [-0.15, -0.1) is 0 Å². The minimum Gasteiger partial charge on any atom is -0.480 e. The average molecular weight is 477 g/mol. The minimum absolute atomic E-state index is 0.0553. The SMILES string of the molecule is COC(=O)[C@H](COC/C=C\COC[C@H](NC(=O)OC(C)(C)C)C(=O)O)NC(=O)OC(C)(C)C. The fourth-order valence-corrected chi connectivity index (χ4v) is 2.03. The zero-order chi connectivity index (χ0) is 25.7. The third kappa shape index (κ3) is 16.4. The van der Waals surface area contributed by atoms with Crippen molar-refractivity contribution < 1.29 is 48.0 Å². The number of nitrogens with one attached hydrogen (secondary N) is 2. The number of rotatable bonds is 12. The molecule has 12 heteroatoms. The molecule has 0 aromatic carbocycles. The van der Waals surface area contributed by atoms with Crippen LogP contribution < -0.4 is 10.6 Å². The van der Waals surface area contributed by atoms with Crippen LogP contribution in [0.5, 0.6) is 0 Å². The highest BCUT2D eigenvalue weighted by Crippen LogP contribution is 2.08. The van der Waals surface area contributed by atoms with Gasteiger partial charge >= 0.3 is 24.1 Å². The molecule has 0 heterocycles. The van der Waals surface area contributed by atoms with Gasteiger partial charge in [0.1, 0.15) is 11.2 Å². The number of hydrogen-bond acceptors (Lipinski definition) is 9. The molecule has 12 nitrogen and oxygen atoms in total. The molecule has 0 bridgehead atoms. The Balaban J connectivity index is 4.35. The molecule has 3 N–H and O–H groups in total. The number of carboxylic acid groups (broad SMARTS) is 1. The van der Waals surface area contributed by atoms with Gasteiger partial charge in [-0.3, -0.25) is 0 Å². The first-order valence-corrected chi connectivity index (χ1v) is 10.2. The van der Waals surface area contributed by atoms with Gasteiger partial charge in [0, 0.05) is 0 Å². The Morgan fingerprint density at radius 3 is 1.55 bits per heavy atom. The third-order valence-electron chi connectivity index (χ3n) is 3.33. The van der Waals surface area contributed by atoms with Gasteiger partial charge in [-0.1, -0.05) is 12.2 Å². The van der Waals surface area contributed by atoms with Gasteiger partial charge in [0.2, 0.25) is 0 Å². The van der Waals surface area contributed by atoms with Crippen molar-refractivity contribution in [1.82, 2.24) is 10.6 Å². The Morgan fingerprint density at radius 2 is 1.18 bits per heavy atom. The van der Waals surface area contributed by atoms with E-state index in [9.17, 15) is 24.3 Å². The van der Waals surface area contributed by atoms with Crippen LogP contribution in [0.1, 0.15) is 41.5 Å². The number of hydrogen-bond donors (Lipinski definition) is 3. The lowest BCUT2D eigenvalue weighted by Crippen LogP contribution is -2.46. The smallest absolute Gasteiger partial charge is 0.408 e. The summed E-state index contributed by atoms with van der Waals surface area (Å²) in [7, 11) is 1.19. The molecule has 0 unspecified atom stereocenters. The van der Waals surface area contributed by atoms with Crippen molar-refractivity contribution in [2.75, 3.05) is 33.5 Å². The molecule has 0 fully saturated rings. The monoisotopic (exact) mass is 476 g/mol. The number of carboxylic acids is 1. The molecular formula is C21H36N2O10. The molecule has 190 valence electrons. The maximum absolute atomic E-state index is 11.8. The molecule has 33 heavy (non-hydrogen) atoms. The number of carbonyl (C=O) groups excluding carboxylic acids is 3. The Labute approximate surface area is 193 Å². The second-order valence-electron chi connectivity index (χ2n) is 8.81. The predicted molar refractivity (Wildman–Crippen MR) is 117 cm³/mol. The number of alkyl carbamates (subject to hydrolysis) is 2. The van der Waals surface area contributed by atoms with Crippen molar-refractivity contribution in [3.63, 3.8) is 0 Å². The minimum atomic E-state index is -1.27. The first-order chi connectivity index (χ1) is 15.1. The van der Waals surface area contributed by atoms with Crippen molar-refractivity contribution in [1.29, 1.82) is 0 Å². The zero-order valence-corrected chi connectivity index (χ0v) is 20.3. The fraction of sp³-hybridized carbons (Fsp3) is 0.714. The molecule has 0 aromatic rings. The Morgan fingerprint density at radius 1 is 0.788 bits per heavy atom. The van der Waals surface area contributed by atoms with E-state index in [4.69, 9.17) is 18.9 Å². The third-order valence-corrected chi connectivity index (χ3v) is 3.33. The Kier molecular flexibility index (Phi) is 13.1. The van der Waals surface area contributed by atoms with Gasteiger partial charge in [-0.05, 0) is 41.5 Å². The summed E-state index contributed by atoms with van der Waals surface area (Å²) in [6, 6.07) is -2.33. The van der Waals surface area contributed by atoms with E-state index in [2.05, 4.69) is 15.4 Å². The standard InChI is InChI=1S/C21H36N2O10/c1-20(2,3)32-18(27)22-14(16(24)25)12-30-10-8-9-11-31-13-15(17(26)29-7)23-19(28)33-21(4,5)6/h8-9,14-15H,10-13H2,1-7H3,(H,22,27)(H,23,28)(H,24,25)/b9-8-/t14-,15-/m0/s1. The summed E-state index contributed by atoms with van der Waals surface area (Å²) in [5.74, 6) is -1.95. The first kappa shape index (κ1) is 30.1. The molecule has 0 aliphatic heterocycles. The summed E-state index contributed by atoms with van der Waals surface area (Å²) in [5, 5.41) is 13.8. The Bertz CT molecular complexity index is 680. The lowest BCUT2D eigenvalue weighted by Gasteiger charge is -2.22. The highest BCUT2D eigenvalue weighted by atomic mass is 16.6. The highest BCUT2D eigenvalue weighted by Gasteiger charge is 2.25. The molecule has 0 saturated heterocycles. The quantitative estimate of drug-likeness (QED) is 0.163. The molecule has 0 aromatic heterocycles. The average Bonchev–Trinajstić information content (AvgIpc) is 2.64. The van der Waals surface area contributed by atoms with Gasteiger partial charge in [0.05, 0.1) is 33.5 Å². The normalized spacial score (nSPS) is 13.7. The number of aliphatic carboxylic acids is 1. The first-order valence-electron chi connectivity index (χ1n) is 10.2. The number of carbonyl (C=O) groups is 4. The molecular weight excluding hydrogens is 440 g/mol. The van der Waals surface area contributed by atoms with E-state index >= 15 is 0 Å². The molecule has 0 aliphatic carbocycles. The number of methoxy groups -OCH3 is 1. The van der Waals surface area contributed by atoms with Crippen molar-refractivity contribution in [2.24, 2.45) is 0 Å². The van der Waals surface area contributed by atoms with Crippen LogP contribution >= 0.6 is 0 Å². The topological polar surface area (TPSA) is 159 Å². The Hall–Kier alpha value is -2.86. The highest BCUT2D eigenvalue weighted by molar-refractivity contribution is 5.81. The van der Waals surface area contributed by atoms with Crippen LogP contribution in [0.4, 0.5) is 9.59 Å². The summed E-state index contributed by atoms with van der Waals surface area (Å²) < 4.78 is 25.3. The number of amides is 2. The van der Waals surface area contributed by atoms with E-state index in [-0.39, 0.29) is 26.4 Å². The summed E-state index contributed by atoms with van der Waals surface area (Å²) >= 11 is 0. The second-order valence-corrected chi connectivity index (χ2v) is 8.81. The van der Waals surface area contributed by atoms with Gasteiger partial charge in [0.15, 0.2) is 12.1 Å². The van der Waals surface area contributed by atoms with Crippen LogP contribution in [0.25, 0.3) is 0 Å². The molecule has 0 saturated carbocycles. The van der Waals surface area contributed by atoms with E-state index < -0.39 is 47.4 Å². The maximum atomic E-state index is 11.8. The van der Waals surface area contributed by atoms with Crippen LogP contribution in [-0.2, 0) is 33.3 Å². The van der Waals surface area contributed by atoms with E-state index in [1.54, 1.807) is 53.7 Å². The van der Waals surface area contributed by atoms with Crippen LogP contribution in [-0.4, -0.2) is 86.1 Å². The molecule has 0 radical (unpaired) electrons. The van der Waals surface area contributed by atoms with Gasteiger partial charge < -0.3 is 39.4 Å². The summed E-state index contributed by atoms with van der Waals surface area (Å²) in [4.78, 5) is 46.6. The zero-order valence-electron chi connectivity index (χ0n) is 20.3. The molecule has 0 rings (SSSR count). The van der Waals surface area contributed by atoms with E-state index in [1.807, 2.05) is 0 Å². The van der Waals surface area contributed by atoms with E-state index in [1.165, 1.54) is 7.11 Å². The van der Waals surface area contributed by atoms with Crippen LogP contribution in [0.15, 0.2) is 12.2 Å². The van der Waals surface area contributed by atoms with Crippen molar-refractivity contribution in [3.05, 3.63) is 12.2 Å². The predicted octanol–water partition coefficient (Wildman–Crippen LogP) is 1.62. The van der Waals surface area contributed by atoms with E-state index in [0.29, 0.717) is 0 Å². The van der Waals surface area contributed by atoms with Gasteiger partial charge in [-0.25, -0.2) is 19.2 Å².